The largest absolute Gasteiger partial charge is 0.346 e. The predicted octanol–water partition coefficient (Wildman–Crippen LogP) is 4.52. The lowest BCUT2D eigenvalue weighted by molar-refractivity contribution is 0.631. The normalized spacial score (nSPS) is 10.7. The molecule has 1 heterocycles. The molecule has 110 valence electrons. The maximum Gasteiger partial charge on any atom is 0.131 e. The van der Waals surface area contributed by atoms with E-state index in [1.54, 1.807) is 12.1 Å². The Hall–Kier alpha value is -1.55. The number of rotatable bonds is 2. The van der Waals surface area contributed by atoms with Crippen molar-refractivity contribution in [2.24, 2.45) is 12.8 Å². The quantitative estimate of drug-likeness (QED) is 0.738. The molecule has 0 atom stereocenters. The molecule has 0 fully saturated rings. The SMILES string of the molecule is Cl.Cn1c(CN)c(-c2ccccc2F)c2cc(Cl)ccc21. The molecule has 0 saturated carbocycles. The van der Waals surface area contributed by atoms with Crippen LogP contribution in [-0.2, 0) is 13.6 Å². The maximum absolute atomic E-state index is 14.1. The van der Waals surface area contributed by atoms with Crippen molar-refractivity contribution >= 4 is 34.9 Å². The average Bonchev–Trinajstić information content (AvgIpc) is 2.71. The van der Waals surface area contributed by atoms with Crippen molar-refractivity contribution in [3.63, 3.8) is 0 Å². The Morgan fingerprint density at radius 1 is 1.19 bits per heavy atom. The molecule has 21 heavy (non-hydrogen) atoms. The smallest absolute Gasteiger partial charge is 0.131 e. The summed E-state index contributed by atoms with van der Waals surface area (Å²) in [6, 6.07) is 12.3. The van der Waals surface area contributed by atoms with Gasteiger partial charge >= 0.3 is 0 Å². The molecule has 0 aliphatic rings. The maximum atomic E-state index is 14.1. The Balaban J connectivity index is 0.00000161. The van der Waals surface area contributed by atoms with E-state index >= 15 is 0 Å². The first-order valence-electron chi connectivity index (χ1n) is 6.35. The molecule has 1 aromatic heterocycles. The van der Waals surface area contributed by atoms with Crippen molar-refractivity contribution < 1.29 is 4.39 Å². The number of nitrogens with two attached hydrogens (primary N) is 1. The molecule has 0 radical (unpaired) electrons. The van der Waals surface area contributed by atoms with Gasteiger partial charge in [0.15, 0.2) is 0 Å². The van der Waals surface area contributed by atoms with Crippen LogP contribution >= 0.6 is 24.0 Å². The lowest BCUT2D eigenvalue weighted by Gasteiger charge is -2.06. The molecular weight excluding hydrogens is 310 g/mol. The third-order valence-corrected chi connectivity index (χ3v) is 3.85. The molecule has 0 amide bonds. The summed E-state index contributed by atoms with van der Waals surface area (Å²) >= 11 is 6.09. The predicted molar refractivity (Wildman–Crippen MR) is 88.5 cm³/mol. The standard InChI is InChI=1S/C16H14ClFN2.ClH/c1-20-14-7-6-10(17)8-12(14)16(15(20)9-19)11-4-2-3-5-13(11)18;/h2-8H,9,19H2,1H3;1H. The van der Waals surface area contributed by atoms with E-state index in [4.69, 9.17) is 17.3 Å². The third-order valence-electron chi connectivity index (χ3n) is 3.62. The summed E-state index contributed by atoms with van der Waals surface area (Å²) in [5.41, 5.74) is 9.13. The average molecular weight is 325 g/mol. The first-order valence-corrected chi connectivity index (χ1v) is 6.73. The number of fused-ring (bicyclic) bond motifs is 1. The highest BCUT2D eigenvalue weighted by atomic mass is 35.5. The molecule has 2 aromatic carbocycles. The van der Waals surface area contributed by atoms with Crippen molar-refractivity contribution in [3.8, 4) is 11.1 Å². The first kappa shape index (κ1) is 15.8. The van der Waals surface area contributed by atoms with Crippen molar-refractivity contribution in [2.45, 2.75) is 6.54 Å². The van der Waals surface area contributed by atoms with Crippen LogP contribution in [0, 0.1) is 5.82 Å². The molecule has 0 spiro atoms. The van der Waals surface area contributed by atoms with E-state index in [9.17, 15) is 4.39 Å². The number of hydrogen-bond donors (Lipinski definition) is 1. The van der Waals surface area contributed by atoms with Crippen LogP contribution in [0.25, 0.3) is 22.0 Å². The topological polar surface area (TPSA) is 30.9 Å². The van der Waals surface area contributed by atoms with E-state index < -0.39 is 0 Å². The summed E-state index contributed by atoms with van der Waals surface area (Å²) in [7, 11) is 1.93. The molecule has 3 rings (SSSR count). The van der Waals surface area contributed by atoms with Gasteiger partial charge in [-0.25, -0.2) is 4.39 Å². The molecule has 0 aliphatic carbocycles. The van der Waals surface area contributed by atoms with Gasteiger partial charge in [0.05, 0.1) is 0 Å². The zero-order chi connectivity index (χ0) is 14.3. The fourth-order valence-electron chi connectivity index (χ4n) is 2.67. The van der Waals surface area contributed by atoms with Crippen LogP contribution in [0.15, 0.2) is 42.5 Å². The van der Waals surface area contributed by atoms with Crippen LogP contribution in [0.1, 0.15) is 5.69 Å². The monoisotopic (exact) mass is 324 g/mol. The molecule has 5 heteroatoms. The molecule has 3 aromatic rings. The van der Waals surface area contributed by atoms with Gasteiger partial charge in [-0.05, 0) is 24.3 Å². The van der Waals surface area contributed by atoms with E-state index in [1.165, 1.54) is 6.07 Å². The molecule has 0 bridgehead atoms. The van der Waals surface area contributed by atoms with Gasteiger partial charge in [-0.15, -0.1) is 12.4 Å². The van der Waals surface area contributed by atoms with E-state index in [0.717, 1.165) is 22.2 Å². The van der Waals surface area contributed by atoms with Gasteiger partial charge in [0.2, 0.25) is 0 Å². The summed E-state index contributed by atoms with van der Waals surface area (Å²) in [6.07, 6.45) is 0. The second-order valence-corrected chi connectivity index (χ2v) is 5.16. The van der Waals surface area contributed by atoms with Crippen LogP contribution in [-0.4, -0.2) is 4.57 Å². The Kier molecular flexibility index (Phi) is 4.57. The Morgan fingerprint density at radius 2 is 1.90 bits per heavy atom. The summed E-state index contributed by atoms with van der Waals surface area (Å²) in [6.45, 7) is 0.340. The van der Waals surface area contributed by atoms with E-state index in [-0.39, 0.29) is 18.2 Å². The lowest BCUT2D eigenvalue weighted by Crippen LogP contribution is -2.04. The Morgan fingerprint density at radius 3 is 2.57 bits per heavy atom. The molecule has 0 aliphatic heterocycles. The number of aromatic nitrogens is 1. The molecule has 2 N–H and O–H groups in total. The minimum atomic E-state index is -0.255. The molecule has 0 saturated heterocycles. The second kappa shape index (κ2) is 6.06. The van der Waals surface area contributed by atoms with E-state index in [2.05, 4.69) is 0 Å². The van der Waals surface area contributed by atoms with Crippen LogP contribution in [0.5, 0.6) is 0 Å². The van der Waals surface area contributed by atoms with Crippen molar-refractivity contribution in [1.82, 2.24) is 4.57 Å². The minimum absolute atomic E-state index is 0. The fourth-order valence-corrected chi connectivity index (χ4v) is 2.85. The van der Waals surface area contributed by atoms with Gasteiger partial charge < -0.3 is 10.3 Å². The highest BCUT2D eigenvalue weighted by Crippen LogP contribution is 2.36. The van der Waals surface area contributed by atoms with Crippen LogP contribution < -0.4 is 5.73 Å². The van der Waals surface area contributed by atoms with Crippen molar-refractivity contribution in [2.75, 3.05) is 0 Å². The van der Waals surface area contributed by atoms with Crippen molar-refractivity contribution in [3.05, 3.63) is 59.0 Å². The third kappa shape index (κ3) is 2.53. The number of halogens is 3. The molecule has 2 nitrogen and oxygen atoms in total. The van der Waals surface area contributed by atoms with Gasteiger partial charge in [-0.3, -0.25) is 0 Å². The van der Waals surface area contributed by atoms with Crippen LogP contribution in [0.4, 0.5) is 4.39 Å². The van der Waals surface area contributed by atoms with Crippen molar-refractivity contribution in [1.29, 1.82) is 0 Å². The van der Waals surface area contributed by atoms with Gasteiger partial charge in [0, 0.05) is 46.3 Å². The van der Waals surface area contributed by atoms with Gasteiger partial charge in [-0.1, -0.05) is 29.8 Å². The van der Waals surface area contributed by atoms with E-state index in [0.29, 0.717) is 17.1 Å². The molecular formula is C16H15Cl2FN2. The fraction of sp³-hybridized carbons (Fsp3) is 0.125. The zero-order valence-corrected chi connectivity index (χ0v) is 13.0. The number of benzene rings is 2. The number of aryl methyl sites for hydroxylation is 1. The summed E-state index contributed by atoms with van der Waals surface area (Å²) in [5, 5.41) is 1.55. The van der Waals surface area contributed by atoms with Gasteiger partial charge in [-0.2, -0.15) is 0 Å². The summed E-state index contributed by atoms with van der Waals surface area (Å²) in [4.78, 5) is 0. The van der Waals surface area contributed by atoms with Crippen LogP contribution in [0.3, 0.4) is 0 Å². The van der Waals surface area contributed by atoms with Gasteiger partial charge in [0.1, 0.15) is 5.82 Å². The minimum Gasteiger partial charge on any atom is -0.346 e. The molecule has 0 unspecified atom stereocenters. The zero-order valence-electron chi connectivity index (χ0n) is 11.4. The van der Waals surface area contributed by atoms with Gasteiger partial charge in [0.25, 0.3) is 0 Å². The lowest BCUT2D eigenvalue weighted by atomic mass is 10.0. The van der Waals surface area contributed by atoms with Crippen LogP contribution in [0.2, 0.25) is 5.02 Å². The first-order chi connectivity index (χ1) is 9.63. The highest BCUT2D eigenvalue weighted by Gasteiger charge is 2.18. The second-order valence-electron chi connectivity index (χ2n) is 4.73. The number of nitrogens with zero attached hydrogens (tertiary/aromatic N) is 1. The Labute approximate surface area is 133 Å². The number of hydrogen-bond acceptors (Lipinski definition) is 1. The highest BCUT2D eigenvalue weighted by molar-refractivity contribution is 6.31. The summed E-state index contributed by atoms with van der Waals surface area (Å²) in [5.74, 6) is -0.255. The Bertz CT molecular complexity index is 796. The summed E-state index contributed by atoms with van der Waals surface area (Å²) < 4.78 is 16.1. The van der Waals surface area contributed by atoms with E-state index in [1.807, 2.05) is 35.9 Å².